The average Bonchev–Trinajstić information content (AvgIpc) is 2.86. The van der Waals surface area contributed by atoms with Gasteiger partial charge in [0.05, 0.1) is 5.69 Å². The molecule has 1 heterocycles. The lowest BCUT2D eigenvalue weighted by molar-refractivity contribution is -0.133. The molecule has 0 atom stereocenters. The molecule has 1 N–H and O–H groups in total. The quantitative estimate of drug-likeness (QED) is 0.537. The molecule has 1 aromatic heterocycles. The lowest BCUT2D eigenvalue weighted by atomic mass is 10.3. The lowest BCUT2D eigenvalue weighted by Gasteiger charge is -2.22. The van der Waals surface area contributed by atoms with Gasteiger partial charge in [0.25, 0.3) is 5.91 Å². The molecular formula is C13H19Cl2N3O3S. The number of hydrogen-bond donors (Lipinski definition) is 1. The minimum atomic E-state index is -1.19. The number of alkyl halides is 2. The van der Waals surface area contributed by atoms with Crippen LogP contribution >= 0.6 is 34.5 Å². The van der Waals surface area contributed by atoms with Crippen molar-refractivity contribution in [3.05, 3.63) is 11.1 Å². The Bertz CT molecular complexity index is 497. The zero-order valence-electron chi connectivity index (χ0n) is 12.5. The zero-order chi connectivity index (χ0) is 16.5. The van der Waals surface area contributed by atoms with E-state index >= 15 is 0 Å². The molecule has 0 radical (unpaired) electrons. The van der Waals surface area contributed by atoms with Gasteiger partial charge in [-0.05, 0) is 20.3 Å². The third kappa shape index (κ3) is 6.91. The van der Waals surface area contributed by atoms with Gasteiger partial charge in [0, 0.05) is 25.1 Å². The van der Waals surface area contributed by atoms with E-state index in [4.69, 9.17) is 27.9 Å². The standard InChI is InChI=1S/C13H19Cl2N3O3S/c1-3-21-6-4-5-18(12(20)11(14)15)7-10(19)17-13-16-9(2)8-22-13/h8,11H,3-7H2,1-2H3,(H,16,17,19). The van der Waals surface area contributed by atoms with E-state index in [0.29, 0.717) is 31.3 Å². The van der Waals surface area contributed by atoms with E-state index in [-0.39, 0.29) is 12.5 Å². The molecule has 0 saturated heterocycles. The summed E-state index contributed by atoms with van der Waals surface area (Å²) in [5.41, 5.74) is 0.825. The monoisotopic (exact) mass is 367 g/mol. The zero-order valence-corrected chi connectivity index (χ0v) is 14.8. The molecule has 2 amide bonds. The molecule has 0 aromatic carbocycles. The van der Waals surface area contributed by atoms with Crippen LogP contribution in [0.15, 0.2) is 5.38 Å². The molecule has 0 bridgehead atoms. The van der Waals surface area contributed by atoms with Crippen molar-refractivity contribution in [1.82, 2.24) is 9.88 Å². The summed E-state index contributed by atoms with van der Waals surface area (Å²) in [7, 11) is 0. The SMILES string of the molecule is CCOCCCN(CC(=O)Nc1nc(C)cs1)C(=O)C(Cl)Cl. The summed E-state index contributed by atoms with van der Waals surface area (Å²) >= 11 is 12.5. The van der Waals surface area contributed by atoms with Gasteiger partial charge < -0.3 is 15.0 Å². The van der Waals surface area contributed by atoms with Gasteiger partial charge in [-0.25, -0.2) is 4.98 Å². The molecule has 9 heteroatoms. The summed E-state index contributed by atoms with van der Waals surface area (Å²) in [6.45, 7) is 5.05. The topological polar surface area (TPSA) is 71.5 Å². The minimum Gasteiger partial charge on any atom is -0.382 e. The van der Waals surface area contributed by atoms with E-state index in [1.54, 1.807) is 0 Å². The highest BCUT2D eigenvalue weighted by molar-refractivity contribution is 7.13. The molecule has 6 nitrogen and oxygen atoms in total. The number of hydrogen-bond acceptors (Lipinski definition) is 5. The van der Waals surface area contributed by atoms with Gasteiger partial charge in [-0.15, -0.1) is 11.3 Å². The van der Waals surface area contributed by atoms with Crippen LogP contribution in [0.1, 0.15) is 19.0 Å². The van der Waals surface area contributed by atoms with Crippen LogP contribution in [0.2, 0.25) is 0 Å². The molecule has 0 aliphatic rings. The fourth-order valence-corrected chi connectivity index (χ4v) is 2.63. The number of nitrogens with one attached hydrogen (secondary N) is 1. The first-order chi connectivity index (χ1) is 10.4. The molecule has 1 rings (SSSR count). The summed E-state index contributed by atoms with van der Waals surface area (Å²) in [6.07, 6.45) is 0.601. The molecule has 0 aliphatic carbocycles. The Morgan fingerprint density at radius 2 is 2.23 bits per heavy atom. The van der Waals surface area contributed by atoms with Crippen molar-refractivity contribution >= 4 is 51.5 Å². The fraction of sp³-hybridized carbons (Fsp3) is 0.615. The van der Waals surface area contributed by atoms with Crippen LogP contribution in [0, 0.1) is 6.92 Å². The van der Waals surface area contributed by atoms with Crippen molar-refractivity contribution in [2.45, 2.75) is 25.1 Å². The van der Waals surface area contributed by atoms with Gasteiger partial charge in [0.2, 0.25) is 5.91 Å². The molecule has 124 valence electrons. The number of aromatic nitrogens is 1. The van der Waals surface area contributed by atoms with Crippen LogP contribution in [-0.4, -0.2) is 52.8 Å². The van der Waals surface area contributed by atoms with Gasteiger partial charge in [-0.1, -0.05) is 23.2 Å². The number of ether oxygens (including phenoxy) is 1. The van der Waals surface area contributed by atoms with Gasteiger partial charge in [0.1, 0.15) is 6.54 Å². The molecular weight excluding hydrogens is 349 g/mol. The van der Waals surface area contributed by atoms with Crippen molar-refractivity contribution in [2.75, 3.05) is 31.6 Å². The Morgan fingerprint density at radius 1 is 1.50 bits per heavy atom. The predicted octanol–water partition coefficient (Wildman–Crippen LogP) is 2.45. The lowest BCUT2D eigenvalue weighted by Crippen LogP contribution is -2.41. The number of halogens is 2. The molecule has 0 unspecified atom stereocenters. The largest absolute Gasteiger partial charge is 0.382 e. The van der Waals surface area contributed by atoms with Crippen molar-refractivity contribution in [1.29, 1.82) is 0 Å². The van der Waals surface area contributed by atoms with Gasteiger partial charge in [0.15, 0.2) is 9.97 Å². The number of thiazole rings is 1. The number of aryl methyl sites for hydroxylation is 1. The van der Waals surface area contributed by atoms with Crippen LogP contribution in [0.25, 0.3) is 0 Å². The molecule has 0 aliphatic heterocycles. The highest BCUT2D eigenvalue weighted by Crippen LogP contribution is 2.14. The van der Waals surface area contributed by atoms with Gasteiger partial charge in [-0.3, -0.25) is 9.59 Å². The number of amides is 2. The maximum absolute atomic E-state index is 12.0. The second-order valence-electron chi connectivity index (χ2n) is 4.45. The van der Waals surface area contributed by atoms with Crippen molar-refractivity contribution in [3.8, 4) is 0 Å². The highest BCUT2D eigenvalue weighted by Gasteiger charge is 2.22. The summed E-state index contributed by atoms with van der Waals surface area (Å²) in [4.78, 5) is 28.2. The van der Waals surface area contributed by atoms with E-state index in [9.17, 15) is 9.59 Å². The van der Waals surface area contributed by atoms with Crippen LogP contribution in [0.5, 0.6) is 0 Å². The number of anilines is 1. The Kier molecular flexibility index (Phi) is 8.70. The third-order valence-electron chi connectivity index (χ3n) is 2.62. The number of nitrogens with zero attached hydrogens (tertiary/aromatic N) is 2. The number of carbonyl (C=O) groups is 2. The van der Waals surface area contributed by atoms with E-state index in [2.05, 4.69) is 10.3 Å². The molecule has 1 aromatic rings. The predicted molar refractivity (Wildman–Crippen MR) is 88.7 cm³/mol. The first-order valence-corrected chi connectivity index (χ1v) is 8.56. The summed E-state index contributed by atoms with van der Waals surface area (Å²) in [5.74, 6) is -0.835. The summed E-state index contributed by atoms with van der Waals surface area (Å²) in [5, 5.41) is 4.97. The Labute approximate surface area is 143 Å². The van der Waals surface area contributed by atoms with Crippen LogP contribution in [-0.2, 0) is 14.3 Å². The van der Waals surface area contributed by atoms with Gasteiger partial charge >= 0.3 is 0 Å². The Hall–Kier alpha value is -0.890. The van der Waals surface area contributed by atoms with Crippen LogP contribution < -0.4 is 5.32 Å². The average molecular weight is 368 g/mol. The molecule has 0 saturated carbocycles. The Morgan fingerprint density at radius 3 is 2.77 bits per heavy atom. The molecule has 0 fully saturated rings. The van der Waals surface area contributed by atoms with E-state index in [1.165, 1.54) is 16.2 Å². The minimum absolute atomic E-state index is 0.125. The Balaban J connectivity index is 2.54. The first kappa shape index (κ1) is 19.2. The van der Waals surface area contributed by atoms with Crippen molar-refractivity contribution in [2.24, 2.45) is 0 Å². The van der Waals surface area contributed by atoms with E-state index < -0.39 is 10.7 Å². The molecule has 0 spiro atoms. The normalized spacial score (nSPS) is 10.8. The summed E-state index contributed by atoms with van der Waals surface area (Å²) in [6, 6.07) is 0. The van der Waals surface area contributed by atoms with E-state index in [1.807, 2.05) is 19.2 Å². The summed E-state index contributed by atoms with van der Waals surface area (Å²) < 4.78 is 5.21. The van der Waals surface area contributed by atoms with Gasteiger partial charge in [-0.2, -0.15) is 0 Å². The smallest absolute Gasteiger partial charge is 0.256 e. The van der Waals surface area contributed by atoms with Crippen molar-refractivity contribution < 1.29 is 14.3 Å². The van der Waals surface area contributed by atoms with Crippen molar-refractivity contribution in [3.63, 3.8) is 0 Å². The first-order valence-electron chi connectivity index (χ1n) is 6.80. The van der Waals surface area contributed by atoms with Crippen LogP contribution in [0.4, 0.5) is 5.13 Å². The fourth-order valence-electron chi connectivity index (χ4n) is 1.65. The maximum Gasteiger partial charge on any atom is 0.256 e. The third-order valence-corrected chi connectivity index (χ3v) is 3.87. The van der Waals surface area contributed by atoms with E-state index in [0.717, 1.165) is 5.69 Å². The second kappa shape index (κ2) is 9.99. The number of rotatable bonds is 9. The number of carbonyl (C=O) groups excluding carboxylic acids is 2. The van der Waals surface area contributed by atoms with Crippen LogP contribution in [0.3, 0.4) is 0 Å². The molecule has 22 heavy (non-hydrogen) atoms. The maximum atomic E-state index is 12.0. The second-order valence-corrected chi connectivity index (χ2v) is 6.41. The highest BCUT2D eigenvalue weighted by atomic mass is 35.5.